The van der Waals surface area contributed by atoms with Gasteiger partial charge in [0.05, 0.1) is 5.69 Å². The number of benzene rings is 1. The first-order valence-electron chi connectivity index (χ1n) is 5.36. The summed E-state index contributed by atoms with van der Waals surface area (Å²) in [5.74, 6) is 0. The summed E-state index contributed by atoms with van der Waals surface area (Å²) in [5, 5.41) is 0. The highest BCUT2D eigenvalue weighted by atomic mass is 79.9. The molecule has 1 heterocycles. The lowest BCUT2D eigenvalue weighted by Crippen LogP contribution is -2.16. The summed E-state index contributed by atoms with van der Waals surface area (Å²) in [4.78, 5) is 4.54. The van der Waals surface area contributed by atoms with Gasteiger partial charge in [0.25, 0.3) is 0 Å². The SMILES string of the molecule is CC1(C)c2cc(Br)ccc2-c2cccnc21. The standard InChI is InChI=1S/C14H12BrN/c1-14(2)12-8-9(15)5-6-10(12)11-4-3-7-16-13(11)14/h3-8H,1-2H3. The number of halogens is 1. The molecule has 0 atom stereocenters. The van der Waals surface area contributed by atoms with Crippen LogP contribution in [-0.2, 0) is 5.41 Å². The fraction of sp³-hybridized carbons (Fsp3) is 0.214. The lowest BCUT2D eigenvalue weighted by atomic mass is 9.85. The molecule has 1 aromatic carbocycles. The lowest BCUT2D eigenvalue weighted by molar-refractivity contribution is 0.636. The molecule has 0 aliphatic heterocycles. The van der Waals surface area contributed by atoms with Gasteiger partial charge >= 0.3 is 0 Å². The van der Waals surface area contributed by atoms with Crippen LogP contribution in [-0.4, -0.2) is 4.98 Å². The van der Waals surface area contributed by atoms with Gasteiger partial charge < -0.3 is 0 Å². The van der Waals surface area contributed by atoms with Crippen molar-refractivity contribution < 1.29 is 0 Å². The summed E-state index contributed by atoms with van der Waals surface area (Å²) < 4.78 is 1.13. The Morgan fingerprint density at radius 1 is 1.12 bits per heavy atom. The zero-order chi connectivity index (χ0) is 11.3. The highest BCUT2D eigenvalue weighted by molar-refractivity contribution is 9.10. The highest BCUT2D eigenvalue weighted by Crippen LogP contribution is 2.47. The molecule has 0 bridgehead atoms. The zero-order valence-corrected chi connectivity index (χ0v) is 10.9. The van der Waals surface area contributed by atoms with E-state index < -0.39 is 0 Å². The van der Waals surface area contributed by atoms with Crippen LogP contribution in [0.2, 0.25) is 0 Å². The van der Waals surface area contributed by atoms with Crippen molar-refractivity contribution in [2.24, 2.45) is 0 Å². The Bertz CT molecular complexity index is 573. The molecule has 1 nitrogen and oxygen atoms in total. The molecule has 0 unspecified atom stereocenters. The van der Waals surface area contributed by atoms with E-state index in [0.29, 0.717) is 0 Å². The van der Waals surface area contributed by atoms with Crippen molar-refractivity contribution in [1.82, 2.24) is 4.98 Å². The molecule has 0 spiro atoms. The summed E-state index contributed by atoms with van der Waals surface area (Å²) in [6, 6.07) is 10.6. The predicted octanol–water partition coefficient (Wildman–Crippen LogP) is 4.15. The van der Waals surface area contributed by atoms with Crippen LogP contribution in [0.25, 0.3) is 11.1 Å². The molecule has 1 aromatic heterocycles. The predicted molar refractivity (Wildman–Crippen MR) is 69.5 cm³/mol. The van der Waals surface area contributed by atoms with Crippen molar-refractivity contribution in [2.75, 3.05) is 0 Å². The van der Waals surface area contributed by atoms with Crippen molar-refractivity contribution in [1.29, 1.82) is 0 Å². The van der Waals surface area contributed by atoms with Crippen LogP contribution in [0.5, 0.6) is 0 Å². The number of hydrogen-bond donors (Lipinski definition) is 0. The Balaban J connectivity index is 2.39. The van der Waals surface area contributed by atoms with Crippen LogP contribution in [0.3, 0.4) is 0 Å². The highest BCUT2D eigenvalue weighted by Gasteiger charge is 2.36. The van der Waals surface area contributed by atoms with Gasteiger partial charge in [-0.2, -0.15) is 0 Å². The molecule has 1 aliphatic carbocycles. The Morgan fingerprint density at radius 3 is 2.75 bits per heavy atom. The van der Waals surface area contributed by atoms with Gasteiger partial charge in [0, 0.05) is 21.6 Å². The Morgan fingerprint density at radius 2 is 1.94 bits per heavy atom. The first-order chi connectivity index (χ1) is 7.60. The third-order valence-corrected chi connectivity index (χ3v) is 3.84. The third-order valence-electron chi connectivity index (χ3n) is 3.34. The molecule has 0 N–H and O–H groups in total. The van der Waals surface area contributed by atoms with Crippen molar-refractivity contribution in [3.05, 3.63) is 52.3 Å². The van der Waals surface area contributed by atoms with E-state index in [0.717, 1.165) is 4.47 Å². The summed E-state index contributed by atoms with van der Waals surface area (Å²) in [6.07, 6.45) is 1.88. The van der Waals surface area contributed by atoms with E-state index in [2.05, 4.69) is 59.0 Å². The summed E-state index contributed by atoms with van der Waals surface area (Å²) in [7, 11) is 0. The molecule has 0 saturated carbocycles. The van der Waals surface area contributed by atoms with E-state index in [-0.39, 0.29) is 5.41 Å². The second-order valence-electron chi connectivity index (χ2n) is 4.71. The van der Waals surface area contributed by atoms with E-state index in [1.165, 1.54) is 22.4 Å². The molecule has 3 rings (SSSR count). The van der Waals surface area contributed by atoms with Crippen molar-refractivity contribution >= 4 is 15.9 Å². The van der Waals surface area contributed by atoms with Crippen LogP contribution >= 0.6 is 15.9 Å². The zero-order valence-electron chi connectivity index (χ0n) is 9.29. The Kier molecular flexibility index (Phi) is 1.99. The van der Waals surface area contributed by atoms with Gasteiger partial charge in [-0.15, -0.1) is 0 Å². The molecular weight excluding hydrogens is 262 g/mol. The normalized spacial score (nSPS) is 15.7. The molecule has 16 heavy (non-hydrogen) atoms. The van der Waals surface area contributed by atoms with Crippen LogP contribution in [0.15, 0.2) is 41.0 Å². The van der Waals surface area contributed by atoms with Gasteiger partial charge in [-0.05, 0) is 29.3 Å². The van der Waals surface area contributed by atoms with E-state index >= 15 is 0 Å². The third kappa shape index (κ3) is 1.20. The van der Waals surface area contributed by atoms with E-state index in [9.17, 15) is 0 Å². The van der Waals surface area contributed by atoms with Crippen LogP contribution < -0.4 is 0 Å². The van der Waals surface area contributed by atoms with E-state index in [1.54, 1.807) is 0 Å². The Hall–Kier alpha value is -1.15. The number of hydrogen-bond acceptors (Lipinski definition) is 1. The molecule has 0 amide bonds. The van der Waals surface area contributed by atoms with Gasteiger partial charge in [-0.25, -0.2) is 0 Å². The summed E-state index contributed by atoms with van der Waals surface area (Å²) in [6.45, 7) is 4.47. The maximum absolute atomic E-state index is 4.54. The fourth-order valence-corrected chi connectivity index (χ4v) is 2.88. The van der Waals surface area contributed by atoms with Gasteiger partial charge in [-0.3, -0.25) is 4.98 Å². The molecule has 0 radical (unpaired) electrons. The minimum Gasteiger partial charge on any atom is -0.260 e. The number of nitrogens with zero attached hydrogens (tertiary/aromatic N) is 1. The lowest BCUT2D eigenvalue weighted by Gasteiger charge is -2.19. The molecular formula is C14H12BrN. The minimum atomic E-state index is 0.00963. The maximum atomic E-state index is 4.54. The van der Waals surface area contributed by atoms with E-state index in [1.807, 2.05) is 12.3 Å². The summed E-state index contributed by atoms with van der Waals surface area (Å²) >= 11 is 3.54. The molecule has 2 heteroatoms. The largest absolute Gasteiger partial charge is 0.260 e. The first kappa shape index (κ1) is 10.0. The van der Waals surface area contributed by atoms with Crippen molar-refractivity contribution in [2.45, 2.75) is 19.3 Å². The van der Waals surface area contributed by atoms with Crippen LogP contribution in [0.4, 0.5) is 0 Å². The fourth-order valence-electron chi connectivity index (χ4n) is 2.52. The Labute approximate surface area is 104 Å². The minimum absolute atomic E-state index is 0.00963. The topological polar surface area (TPSA) is 12.9 Å². The molecule has 0 saturated heterocycles. The van der Waals surface area contributed by atoms with Gasteiger partial charge in [0.15, 0.2) is 0 Å². The smallest absolute Gasteiger partial charge is 0.0582 e. The number of pyridine rings is 1. The molecule has 1 aliphatic rings. The second kappa shape index (κ2) is 3.17. The first-order valence-corrected chi connectivity index (χ1v) is 6.16. The molecule has 2 aromatic rings. The van der Waals surface area contributed by atoms with E-state index in [4.69, 9.17) is 0 Å². The monoisotopic (exact) mass is 273 g/mol. The van der Waals surface area contributed by atoms with Gasteiger partial charge in [0.1, 0.15) is 0 Å². The van der Waals surface area contributed by atoms with Gasteiger partial charge in [-0.1, -0.05) is 41.9 Å². The molecule has 0 fully saturated rings. The molecule has 80 valence electrons. The number of fused-ring (bicyclic) bond motifs is 3. The average molecular weight is 274 g/mol. The van der Waals surface area contributed by atoms with Crippen LogP contribution in [0, 0.1) is 0 Å². The maximum Gasteiger partial charge on any atom is 0.0582 e. The van der Waals surface area contributed by atoms with Gasteiger partial charge in [0.2, 0.25) is 0 Å². The van der Waals surface area contributed by atoms with Crippen molar-refractivity contribution in [3.63, 3.8) is 0 Å². The number of rotatable bonds is 0. The second-order valence-corrected chi connectivity index (χ2v) is 5.63. The van der Waals surface area contributed by atoms with Crippen LogP contribution in [0.1, 0.15) is 25.1 Å². The van der Waals surface area contributed by atoms with Crippen molar-refractivity contribution in [3.8, 4) is 11.1 Å². The quantitative estimate of drug-likeness (QED) is 0.703. The number of aromatic nitrogens is 1. The summed E-state index contributed by atoms with van der Waals surface area (Å²) in [5.41, 5.74) is 5.14. The average Bonchev–Trinajstić information content (AvgIpc) is 2.49.